The number of anilines is 1. The van der Waals surface area contributed by atoms with E-state index in [1.807, 2.05) is 6.07 Å². The lowest BCUT2D eigenvalue weighted by atomic mass is 10.8. The van der Waals surface area contributed by atoms with E-state index >= 15 is 0 Å². The van der Waals surface area contributed by atoms with E-state index < -0.39 is 0 Å². The van der Waals surface area contributed by atoms with Gasteiger partial charge in [-0.05, 0) is 0 Å². The highest BCUT2D eigenvalue weighted by atomic mass is 32.1. The first kappa shape index (κ1) is 5.00. The van der Waals surface area contributed by atoms with Gasteiger partial charge in [0.1, 0.15) is 6.07 Å². The molecule has 0 aliphatic carbocycles. The van der Waals surface area contributed by atoms with E-state index in [1.165, 1.54) is 0 Å². The molecule has 5 heteroatoms. The van der Waals surface area contributed by atoms with E-state index in [4.69, 9.17) is 11.0 Å². The van der Waals surface area contributed by atoms with Gasteiger partial charge in [-0.15, -0.1) is 10.2 Å². The average Bonchev–Trinajstić information content (AvgIpc) is 2.14. The molecule has 1 rings (SSSR count). The number of nitrogens with zero attached hydrogens (tertiary/aromatic N) is 3. The normalized spacial score (nSPS) is 8.38. The van der Waals surface area contributed by atoms with Crippen molar-refractivity contribution < 1.29 is 0 Å². The Morgan fingerprint density at radius 1 is 1.62 bits per heavy atom. The molecule has 0 bridgehead atoms. The Hall–Kier alpha value is -1.15. The first-order valence-corrected chi connectivity index (χ1v) is 2.63. The fraction of sp³-hybridized carbons (Fsp3) is 0. The highest BCUT2D eigenvalue weighted by Gasteiger charge is 1.94. The lowest BCUT2D eigenvalue weighted by Crippen LogP contribution is -1.79. The first-order valence-electron chi connectivity index (χ1n) is 1.82. The standard InChI is InChI=1S/C3H2N4S/c4-1-2-6-7-3(5)8-2/h(H2,5,7). The molecule has 8 heavy (non-hydrogen) atoms. The number of nitrogens with two attached hydrogens (primary N) is 1. The van der Waals surface area contributed by atoms with Crippen molar-refractivity contribution in [1.29, 1.82) is 5.26 Å². The third-order valence-corrected chi connectivity index (χ3v) is 1.19. The molecule has 0 fully saturated rings. The van der Waals surface area contributed by atoms with Gasteiger partial charge in [-0.2, -0.15) is 5.26 Å². The maximum Gasteiger partial charge on any atom is 0.219 e. The van der Waals surface area contributed by atoms with E-state index in [-0.39, 0.29) is 0 Å². The second-order valence-electron chi connectivity index (χ2n) is 1.06. The van der Waals surface area contributed by atoms with Crippen molar-refractivity contribution in [3.05, 3.63) is 5.01 Å². The fourth-order valence-corrected chi connectivity index (χ4v) is 0.687. The molecule has 40 valence electrons. The third-order valence-electron chi connectivity index (χ3n) is 0.536. The summed E-state index contributed by atoms with van der Waals surface area (Å²) in [6, 6.07) is 1.81. The van der Waals surface area contributed by atoms with Crippen molar-refractivity contribution in [2.45, 2.75) is 0 Å². The van der Waals surface area contributed by atoms with Crippen LogP contribution in [-0.4, -0.2) is 10.2 Å². The van der Waals surface area contributed by atoms with Crippen LogP contribution in [0.15, 0.2) is 0 Å². The molecule has 0 atom stereocenters. The van der Waals surface area contributed by atoms with E-state index in [0.29, 0.717) is 10.1 Å². The van der Waals surface area contributed by atoms with Crippen LogP contribution in [0.2, 0.25) is 0 Å². The second-order valence-corrected chi connectivity index (χ2v) is 2.07. The zero-order chi connectivity index (χ0) is 5.98. The molecule has 0 saturated heterocycles. The van der Waals surface area contributed by atoms with Gasteiger partial charge in [0.2, 0.25) is 10.1 Å². The average molecular weight is 126 g/mol. The number of hydrogen-bond acceptors (Lipinski definition) is 5. The predicted molar refractivity (Wildman–Crippen MR) is 29.0 cm³/mol. The molecule has 0 aliphatic rings. The van der Waals surface area contributed by atoms with Crippen LogP contribution in [0.25, 0.3) is 0 Å². The molecule has 0 unspecified atom stereocenters. The van der Waals surface area contributed by atoms with Crippen LogP contribution in [-0.2, 0) is 0 Å². The van der Waals surface area contributed by atoms with Gasteiger partial charge in [-0.1, -0.05) is 11.3 Å². The van der Waals surface area contributed by atoms with Crippen LogP contribution in [0, 0.1) is 11.3 Å². The van der Waals surface area contributed by atoms with Crippen LogP contribution in [0.3, 0.4) is 0 Å². The van der Waals surface area contributed by atoms with Gasteiger partial charge in [-0.3, -0.25) is 0 Å². The first-order chi connectivity index (χ1) is 3.83. The van der Waals surface area contributed by atoms with Crippen LogP contribution in [0.5, 0.6) is 0 Å². The summed E-state index contributed by atoms with van der Waals surface area (Å²) in [4.78, 5) is 0. The molecule has 1 heterocycles. The summed E-state index contributed by atoms with van der Waals surface area (Å²) >= 11 is 1.08. The lowest BCUT2D eigenvalue weighted by molar-refractivity contribution is 1.08. The Labute approximate surface area is 49.6 Å². The highest BCUT2D eigenvalue weighted by Crippen LogP contribution is 2.07. The third kappa shape index (κ3) is 0.741. The zero-order valence-electron chi connectivity index (χ0n) is 3.83. The smallest absolute Gasteiger partial charge is 0.219 e. The molecule has 1 aromatic heterocycles. The van der Waals surface area contributed by atoms with Crippen molar-refractivity contribution in [1.82, 2.24) is 10.2 Å². The summed E-state index contributed by atoms with van der Waals surface area (Å²) in [6.07, 6.45) is 0. The topological polar surface area (TPSA) is 75.6 Å². The van der Waals surface area contributed by atoms with Gasteiger partial charge in [0.05, 0.1) is 0 Å². The molecule has 0 spiro atoms. The monoisotopic (exact) mass is 126 g/mol. The molecule has 0 aliphatic heterocycles. The van der Waals surface area contributed by atoms with Crippen molar-refractivity contribution in [2.75, 3.05) is 5.73 Å². The summed E-state index contributed by atoms with van der Waals surface area (Å²) in [6.45, 7) is 0. The maximum absolute atomic E-state index is 8.15. The van der Waals surface area contributed by atoms with Crippen LogP contribution >= 0.6 is 11.3 Å². The maximum atomic E-state index is 8.15. The quantitative estimate of drug-likeness (QED) is 0.530. The number of hydrogen-bond donors (Lipinski definition) is 1. The summed E-state index contributed by atoms with van der Waals surface area (Å²) in [5.74, 6) is 0. The van der Waals surface area contributed by atoms with Crippen molar-refractivity contribution in [3.63, 3.8) is 0 Å². The number of rotatable bonds is 0. The number of nitrogen functional groups attached to an aromatic ring is 1. The van der Waals surface area contributed by atoms with Gasteiger partial charge in [-0.25, -0.2) is 0 Å². The SMILES string of the molecule is N#Cc1nnc(N)s1. The summed E-state index contributed by atoms with van der Waals surface area (Å²) < 4.78 is 0. The largest absolute Gasteiger partial charge is 0.374 e. The predicted octanol–water partition coefficient (Wildman–Crippen LogP) is -0.00802. The molecule has 2 N–H and O–H groups in total. The molecule has 0 aromatic carbocycles. The van der Waals surface area contributed by atoms with Crippen molar-refractivity contribution >= 4 is 16.5 Å². The highest BCUT2D eigenvalue weighted by molar-refractivity contribution is 7.15. The van der Waals surface area contributed by atoms with Crippen LogP contribution in [0.1, 0.15) is 5.01 Å². The second kappa shape index (κ2) is 1.76. The zero-order valence-corrected chi connectivity index (χ0v) is 4.64. The van der Waals surface area contributed by atoms with E-state index in [9.17, 15) is 0 Å². The Bertz CT molecular complexity index is 221. The van der Waals surface area contributed by atoms with Gasteiger partial charge < -0.3 is 5.73 Å². The Morgan fingerprint density at radius 3 is 2.62 bits per heavy atom. The minimum Gasteiger partial charge on any atom is -0.374 e. The fourth-order valence-electron chi connectivity index (χ4n) is 0.280. The lowest BCUT2D eigenvalue weighted by Gasteiger charge is -1.65. The molecule has 0 amide bonds. The van der Waals surface area contributed by atoms with Crippen molar-refractivity contribution in [2.24, 2.45) is 0 Å². The van der Waals surface area contributed by atoms with Gasteiger partial charge in [0.15, 0.2) is 0 Å². The van der Waals surface area contributed by atoms with Gasteiger partial charge in [0, 0.05) is 0 Å². The minimum atomic E-state index is 0.308. The molecular weight excluding hydrogens is 124 g/mol. The molecule has 4 nitrogen and oxygen atoms in total. The van der Waals surface area contributed by atoms with Gasteiger partial charge in [0.25, 0.3) is 0 Å². The summed E-state index contributed by atoms with van der Waals surface area (Å²) in [5.41, 5.74) is 5.15. The van der Waals surface area contributed by atoms with Crippen molar-refractivity contribution in [3.8, 4) is 6.07 Å². The summed E-state index contributed by atoms with van der Waals surface area (Å²) in [5, 5.41) is 15.6. The Morgan fingerprint density at radius 2 is 2.38 bits per heavy atom. The number of nitriles is 1. The van der Waals surface area contributed by atoms with Gasteiger partial charge >= 0.3 is 0 Å². The molecular formula is C3H2N4S. The summed E-state index contributed by atoms with van der Waals surface area (Å²) in [7, 11) is 0. The minimum absolute atomic E-state index is 0.308. The van der Waals surface area contributed by atoms with E-state index in [2.05, 4.69) is 10.2 Å². The van der Waals surface area contributed by atoms with Crippen LogP contribution in [0.4, 0.5) is 5.13 Å². The molecule has 0 saturated carbocycles. The molecule has 0 radical (unpaired) electrons. The number of aromatic nitrogens is 2. The Balaban J connectivity index is 3.05. The van der Waals surface area contributed by atoms with E-state index in [1.54, 1.807) is 0 Å². The van der Waals surface area contributed by atoms with E-state index in [0.717, 1.165) is 11.3 Å². The Kier molecular flexibility index (Phi) is 1.10. The molecule has 1 aromatic rings. The van der Waals surface area contributed by atoms with Crippen LogP contribution < -0.4 is 5.73 Å².